The predicted molar refractivity (Wildman–Crippen MR) is 120 cm³/mol. The molecule has 29 heavy (non-hydrogen) atoms. The van der Waals surface area contributed by atoms with E-state index >= 15 is 0 Å². The second kappa shape index (κ2) is 8.58. The monoisotopic (exact) mass is 391 g/mol. The number of fused-ring (bicyclic) bond motifs is 1. The van der Waals surface area contributed by atoms with Crippen LogP contribution in [0.25, 0.3) is 0 Å². The molecule has 0 aliphatic carbocycles. The molecule has 2 aliphatic rings. The van der Waals surface area contributed by atoms with E-state index in [0.717, 1.165) is 37.2 Å². The number of likely N-dealkylation sites (N-methyl/N-ethyl adjacent to an activating group) is 1. The Morgan fingerprint density at radius 1 is 1.00 bits per heavy atom. The highest BCUT2D eigenvalue weighted by Gasteiger charge is 2.25. The summed E-state index contributed by atoms with van der Waals surface area (Å²) < 4.78 is 0. The third kappa shape index (κ3) is 4.32. The molecule has 2 heterocycles. The summed E-state index contributed by atoms with van der Waals surface area (Å²) in [5.41, 5.74) is 7.25. The second-order valence-electron chi connectivity index (χ2n) is 8.68. The molecule has 0 aromatic heterocycles. The van der Waals surface area contributed by atoms with Gasteiger partial charge in [-0.1, -0.05) is 24.6 Å². The Labute approximate surface area is 174 Å². The summed E-state index contributed by atoms with van der Waals surface area (Å²) in [4.78, 5) is 17.7. The van der Waals surface area contributed by atoms with Crippen molar-refractivity contribution in [3.63, 3.8) is 0 Å². The fourth-order valence-corrected chi connectivity index (χ4v) is 4.66. The topological polar surface area (TPSA) is 35.6 Å². The van der Waals surface area contributed by atoms with Crippen molar-refractivity contribution in [2.24, 2.45) is 0 Å². The van der Waals surface area contributed by atoms with Gasteiger partial charge in [0.2, 0.25) is 0 Å². The number of piperidine rings is 1. The Hall–Kier alpha value is -2.33. The zero-order valence-electron chi connectivity index (χ0n) is 18.0. The zero-order valence-corrected chi connectivity index (χ0v) is 18.0. The summed E-state index contributed by atoms with van der Waals surface area (Å²) in [6, 6.07) is 13.1. The Morgan fingerprint density at radius 2 is 1.79 bits per heavy atom. The number of nitrogens with one attached hydrogen (secondary N) is 1. The summed E-state index contributed by atoms with van der Waals surface area (Å²) in [5.74, 6) is 0.0241. The van der Waals surface area contributed by atoms with E-state index in [1.54, 1.807) is 0 Å². The quantitative estimate of drug-likeness (QED) is 0.827. The minimum absolute atomic E-state index is 0.0241. The number of carbonyl (C=O) groups is 1. The van der Waals surface area contributed by atoms with Gasteiger partial charge in [0.15, 0.2) is 0 Å². The van der Waals surface area contributed by atoms with Crippen LogP contribution in [0.15, 0.2) is 36.4 Å². The van der Waals surface area contributed by atoms with Gasteiger partial charge in [-0.15, -0.1) is 0 Å². The summed E-state index contributed by atoms with van der Waals surface area (Å²) in [7, 11) is 2.16. The summed E-state index contributed by atoms with van der Waals surface area (Å²) >= 11 is 0. The first-order valence-electron chi connectivity index (χ1n) is 11.0. The average Bonchev–Trinajstić information content (AvgIpc) is 3.11. The van der Waals surface area contributed by atoms with Crippen molar-refractivity contribution >= 4 is 11.6 Å². The fraction of sp³-hybridized carbons (Fsp3) is 0.480. The van der Waals surface area contributed by atoms with Crippen LogP contribution in [0.2, 0.25) is 0 Å². The number of benzene rings is 2. The maximum Gasteiger partial charge on any atom is 0.251 e. The van der Waals surface area contributed by atoms with Crippen LogP contribution in [0, 0.1) is 13.8 Å². The number of aryl methyl sites for hydroxylation is 2. The number of anilines is 1. The van der Waals surface area contributed by atoms with E-state index in [1.165, 1.54) is 41.6 Å². The smallest absolute Gasteiger partial charge is 0.251 e. The number of hydrogen-bond acceptors (Lipinski definition) is 3. The van der Waals surface area contributed by atoms with Gasteiger partial charge in [0.25, 0.3) is 5.91 Å². The van der Waals surface area contributed by atoms with E-state index in [-0.39, 0.29) is 11.9 Å². The molecule has 1 fully saturated rings. The van der Waals surface area contributed by atoms with E-state index < -0.39 is 0 Å². The first-order chi connectivity index (χ1) is 14.0. The molecule has 2 aromatic carbocycles. The van der Waals surface area contributed by atoms with Crippen LogP contribution >= 0.6 is 0 Å². The number of rotatable bonds is 5. The maximum atomic E-state index is 12.8. The van der Waals surface area contributed by atoms with Crippen molar-refractivity contribution in [2.75, 3.05) is 38.1 Å². The summed E-state index contributed by atoms with van der Waals surface area (Å²) in [5, 5.41) is 3.23. The third-order valence-electron chi connectivity index (χ3n) is 6.67. The lowest BCUT2D eigenvalue weighted by molar-refractivity contribution is 0.0924. The van der Waals surface area contributed by atoms with Crippen molar-refractivity contribution in [3.8, 4) is 0 Å². The van der Waals surface area contributed by atoms with E-state index in [1.807, 2.05) is 18.2 Å². The highest BCUT2D eigenvalue weighted by molar-refractivity contribution is 5.94. The summed E-state index contributed by atoms with van der Waals surface area (Å²) in [6.07, 6.45) is 4.92. The Balaban J connectivity index is 1.53. The lowest BCUT2D eigenvalue weighted by atomic mass is 9.98. The van der Waals surface area contributed by atoms with Crippen LogP contribution < -0.4 is 10.2 Å². The standard InChI is InChI=1S/C25H33N3O/c1-18-7-8-22(15-19(18)2)25(29)26-17-24(28-12-5-4-6-13-28)20-9-10-23-21(16-20)11-14-27(23)3/h7-10,15-16,24H,4-6,11-14,17H2,1-3H3,(H,26,29)/t24-/m1/s1. The van der Waals surface area contributed by atoms with Crippen molar-refractivity contribution in [1.29, 1.82) is 0 Å². The van der Waals surface area contributed by atoms with Crippen LogP contribution in [0.3, 0.4) is 0 Å². The SMILES string of the molecule is Cc1ccc(C(=O)NC[C@H](c2ccc3c(c2)CCN3C)N2CCCCC2)cc1C. The van der Waals surface area contributed by atoms with Crippen molar-refractivity contribution in [1.82, 2.24) is 10.2 Å². The number of nitrogens with zero attached hydrogens (tertiary/aromatic N) is 2. The Bertz CT molecular complexity index is 886. The van der Waals surface area contributed by atoms with E-state index in [4.69, 9.17) is 0 Å². The fourth-order valence-electron chi connectivity index (χ4n) is 4.66. The average molecular weight is 392 g/mol. The number of hydrogen-bond donors (Lipinski definition) is 1. The highest BCUT2D eigenvalue weighted by Crippen LogP contribution is 2.32. The second-order valence-corrected chi connectivity index (χ2v) is 8.68. The van der Waals surface area contributed by atoms with Crippen molar-refractivity contribution in [3.05, 3.63) is 64.2 Å². The van der Waals surface area contributed by atoms with Gasteiger partial charge < -0.3 is 10.2 Å². The van der Waals surface area contributed by atoms with Gasteiger partial charge in [0.05, 0.1) is 6.04 Å². The van der Waals surface area contributed by atoms with Gasteiger partial charge in [-0.25, -0.2) is 0 Å². The minimum Gasteiger partial charge on any atom is -0.374 e. The van der Waals surface area contributed by atoms with Gasteiger partial charge in [-0.2, -0.15) is 0 Å². The first kappa shape index (κ1) is 20.0. The third-order valence-corrected chi connectivity index (χ3v) is 6.67. The van der Waals surface area contributed by atoms with Crippen LogP contribution in [0.5, 0.6) is 0 Å². The Morgan fingerprint density at radius 3 is 2.55 bits per heavy atom. The molecule has 1 saturated heterocycles. The molecule has 4 heteroatoms. The molecular formula is C25H33N3O. The molecule has 0 saturated carbocycles. The van der Waals surface area contributed by atoms with E-state index in [2.05, 4.69) is 54.2 Å². The lowest BCUT2D eigenvalue weighted by Gasteiger charge is -2.35. The molecule has 4 rings (SSSR count). The minimum atomic E-state index is 0.0241. The van der Waals surface area contributed by atoms with Crippen molar-refractivity contribution < 1.29 is 4.79 Å². The zero-order chi connectivity index (χ0) is 20.4. The van der Waals surface area contributed by atoms with Gasteiger partial charge in [0, 0.05) is 31.4 Å². The molecule has 154 valence electrons. The molecule has 1 amide bonds. The molecule has 0 bridgehead atoms. The van der Waals surface area contributed by atoms with Gasteiger partial charge in [0.1, 0.15) is 0 Å². The van der Waals surface area contributed by atoms with Gasteiger partial charge in [-0.05, 0) is 86.7 Å². The van der Waals surface area contributed by atoms with Crippen molar-refractivity contribution in [2.45, 2.75) is 45.6 Å². The van der Waals surface area contributed by atoms with E-state index in [0.29, 0.717) is 6.54 Å². The van der Waals surface area contributed by atoms with Crippen LogP contribution in [0.1, 0.15) is 57.9 Å². The lowest BCUT2D eigenvalue weighted by Crippen LogP contribution is -2.40. The number of likely N-dealkylation sites (tertiary alicyclic amines) is 1. The molecule has 2 aliphatic heterocycles. The molecule has 1 N–H and O–H groups in total. The molecule has 0 unspecified atom stereocenters. The molecule has 1 atom stereocenters. The number of amides is 1. The number of carbonyl (C=O) groups excluding carboxylic acids is 1. The molecular weight excluding hydrogens is 358 g/mol. The van der Waals surface area contributed by atoms with Gasteiger partial charge >= 0.3 is 0 Å². The Kier molecular flexibility index (Phi) is 5.91. The van der Waals surface area contributed by atoms with Crippen LogP contribution in [-0.4, -0.2) is 44.0 Å². The molecule has 4 nitrogen and oxygen atoms in total. The van der Waals surface area contributed by atoms with E-state index in [9.17, 15) is 4.79 Å². The van der Waals surface area contributed by atoms with Crippen LogP contribution in [0.4, 0.5) is 5.69 Å². The highest BCUT2D eigenvalue weighted by atomic mass is 16.1. The predicted octanol–water partition coefficient (Wildman–Crippen LogP) is 4.25. The maximum absolute atomic E-state index is 12.8. The molecule has 2 aromatic rings. The first-order valence-corrected chi connectivity index (χ1v) is 11.0. The van der Waals surface area contributed by atoms with Gasteiger partial charge in [-0.3, -0.25) is 9.69 Å². The molecule has 0 radical (unpaired) electrons. The van der Waals surface area contributed by atoms with Crippen LogP contribution in [-0.2, 0) is 6.42 Å². The molecule has 0 spiro atoms. The largest absolute Gasteiger partial charge is 0.374 e. The summed E-state index contributed by atoms with van der Waals surface area (Å²) in [6.45, 7) is 8.11. The normalized spacial score (nSPS) is 17.8.